The third-order valence-electron chi connectivity index (χ3n) is 5.17. The van der Waals surface area contributed by atoms with Crippen LogP contribution in [0.1, 0.15) is 46.0 Å². The first-order chi connectivity index (χ1) is 13.4. The fourth-order valence-corrected chi connectivity index (χ4v) is 4.86. The number of hydrogen-bond donors (Lipinski definition) is 1. The molecular formula is C21H35N3O3S. The monoisotopic (exact) mass is 409 g/mol. The van der Waals surface area contributed by atoms with Crippen molar-refractivity contribution in [3.05, 3.63) is 30.3 Å². The lowest BCUT2D eigenvalue weighted by Crippen LogP contribution is -2.45. The van der Waals surface area contributed by atoms with Gasteiger partial charge in [0, 0.05) is 19.1 Å². The number of benzene rings is 1. The summed E-state index contributed by atoms with van der Waals surface area (Å²) in [4.78, 5) is 17.0. The number of nitrogens with zero attached hydrogens (tertiary/aromatic N) is 2. The van der Waals surface area contributed by atoms with E-state index >= 15 is 0 Å². The molecule has 1 aliphatic heterocycles. The molecular weight excluding hydrogens is 374 g/mol. The molecule has 28 heavy (non-hydrogen) atoms. The molecule has 1 aromatic rings. The Kier molecular flexibility index (Phi) is 9.25. The van der Waals surface area contributed by atoms with Crippen molar-refractivity contribution < 1.29 is 13.2 Å². The highest BCUT2D eigenvalue weighted by Gasteiger charge is 2.19. The molecule has 0 atom stereocenters. The van der Waals surface area contributed by atoms with Gasteiger partial charge in [0.1, 0.15) is 0 Å². The van der Waals surface area contributed by atoms with E-state index in [4.69, 9.17) is 0 Å². The Balaban J connectivity index is 1.73. The molecule has 6 nitrogen and oxygen atoms in total. The summed E-state index contributed by atoms with van der Waals surface area (Å²) in [6, 6.07) is 8.41. The van der Waals surface area contributed by atoms with Crippen molar-refractivity contribution in [1.29, 1.82) is 0 Å². The lowest BCUT2D eigenvalue weighted by Gasteiger charge is -2.28. The third kappa shape index (κ3) is 7.43. The molecule has 1 aromatic carbocycles. The number of likely N-dealkylation sites (tertiary alicyclic amines) is 1. The standard InChI is InChI=1S/C21H35N3O3S/c1-19(2)24(17-10-18-28(26,27)20-11-5-3-6-12-20)21(25)22-13-9-16-23-14-7-4-8-15-23/h3,5-6,11-12,19H,4,7-10,13-18H2,1-2H3,(H,22,25). The molecule has 0 saturated carbocycles. The number of rotatable bonds is 10. The summed E-state index contributed by atoms with van der Waals surface area (Å²) in [5, 5.41) is 2.99. The van der Waals surface area contributed by atoms with Crippen molar-refractivity contribution in [3.8, 4) is 0 Å². The Labute approximate surface area is 170 Å². The van der Waals surface area contributed by atoms with Crippen molar-refractivity contribution in [2.24, 2.45) is 0 Å². The molecule has 1 fully saturated rings. The van der Waals surface area contributed by atoms with Crippen LogP contribution in [-0.4, -0.2) is 68.8 Å². The van der Waals surface area contributed by atoms with Gasteiger partial charge in [-0.25, -0.2) is 13.2 Å². The zero-order chi connectivity index (χ0) is 20.4. The molecule has 0 radical (unpaired) electrons. The van der Waals surface area contributed by atoms with Gasteiger partial charge in [-0.3, -0.25) is 0 Å². The molecule has 7 heteroatoms. The third-order valence-corrected chi connectivity index (χ3v) is 6.99. The van der Waals surface area contributed by atoms with Crippen molar-refractivity contribution in [3.63, 3.8) is 0 Å². The Morgan fingerprint density at radius 3 is 2.43 bits per heavy atom. The Bertz CT molecular complexity index is 686. The van der Waals surface area contributed by atoms with Gasteiger partial charge in [0.2, 0.25) is 0 Å². The van der Waals surface area contributed by atoms with Crippen molar-refractivity contribution in [2.45, 2.75) is 56.9 Å². The number of sulfone groups is 1. The topological polar surface area (TPSA) is 69.7 Å². The predicted molar refractivity (Wildman–Crippen MR) is 113 cm³/mol. The quantitative estimate of drug-likeness (QED) is 0.603. The summed E-state index contributed by atoms with van der Waals surface area (Å²) in [5.74, 6) is 0.0441. The van der Waals surface area contributed by atoms with Crippen LogP contribution in [0.2, 0.25) is 0 Å². The van der Waals surface area contributed by atoms with E-state index in [2.05, 4.69) is 10.2 Å². The number of piperidine rings is 1. The van der Waals surface area contributed by atoms with Gasteiger partial charge < -0.3 is 15.1 Å². The van der Waals surface area contributed by atoms with Crippen molar-refractivity contribution in [2.75, 3.05) is 38.5 Å². The second-order valence-corrected chi connectivity index (χ2v) is 9.87. The van der Waals surface area contributed by atoms with Crippen LogP contribution in [0.4, 0.5) is 4.79 Å². The molecule has 0 unspecified atom stereocenters. The van der Waals surface area contributed by atoms with Crippen LogP contribution in [0, 0.1) is 0 Å². The zero-order valence-corrected chi connectivity index (χ0v) is 18.1. The first kappa shape index (κ1) is 22.7. The molecule has 158 valence electrons. The Morgan fingerprint density at radius 1 is 1.11 bits per heavy atom. The summed E-state index contributed by atoms with van der Waals surface area (Å²) in [7, 11) is -3.30. The molecule has 0 aliphatic carbocycles. The van der Waals surface area contributed by atoms with Crippen LogP contribution in [0.15, 0.2) is 35.2 Å². The van der Waals surface area contributed by atoms with E-state index < -0.39 is 9.84 Å². The lowest BCUT2D eigenvalue weighted by molar-refractivity contribution is 0.181. The minimum atomic E-state index is -3.30. The number of urea groups is 1. The smallest absolute Gasteiger partial charge is 0.317 e. The van der Waals surface area contributed by atoms with Crippen LogP contribution >= 0.6 is 0 Å². The summed E-state index contributed by atoms with van der Waals surface area (Å²) in [6.07, 6.45) is 5.26. The molecule has 0 aromatic heterocycles. The maximum absolute atomic E-state index is 12.5. The van der Waals surface area contributed by atoms with Gasteiger partial charge in [-0.2, -0.15) is 0 Å². The van der Waals surface area contributed by atoms with Gasteiger partial charge in [-0.15, -0.1) is 0 Å². The highest BCUT2D eigenvalue weighted by molar-refractivity contribution is 7.91. The molecule has 1 aliphatic rings. The molecule has 2 amide bonds. The maximum Gasteiger partial charge on any atom is 0.317 e. The van der Waals surface area contributed by atoms with Crippen LogP contribution in [0.25, 0.3) is 0 Å². The summed E-state index contributed by atoms with van der Waals surface area (Å²) in [5.41, 5.74) is 0. The van der Waals surface area contributed by atoms with Crippen molar-refractivity contribution >= 4 is 15.9 Å². The zero-order valence-electron chi connectivity index (χ0n) is 17.3. The number of nitrogens with one attached hydrogen (secondary N) is 1. The number of amides is 2. The van der Waals surface area contributed by atoms with E-state index in [9.17, 15) is 13.2 Å². The van der Waals surface area contributed by atoms with Gasteiger partial charge in [0.15, 0.2) is 9.84 Å². The van der Waals surface area contributed by atoms with E-state index in [1.54, 1.807) is 35.2 Å². The molecule has 1 saturated heterocycles. The molecule has 0 spiro atoms. The van der Waals surface area contributed by atoms with E-state index in [-0.39, 0.29) is 17.8 Å². The normalized spacial score (nSPS) is 15.5. The summed E-state index contributed by atoms with van der Waals surface area (Å²) < 4.78 is 24.8. The molecule has 2 rings (SSSR count). The predicted octanol–water partition coefficient (Wildman–Crippen LogP) is 3.15. The minimum Gasteiger partial charge on any atom is -0.338 e. The van der Waals surface area contributed by atoms with Crippen LogP contribution in [-0.2, 0) is 9.84 Å². The maximum atomic E-state index is 12.5. The van der Waals surface area contributed by atoms with Gasteiger partial charge in [-0.05, 0) is 71.3 Å². The lowest BCUT2D eigenvalue weighted by atomic mass is 10.1. The van der Waals surface area contributed by atoms with E-state index in [0.717, 1.165) is 13.0 Å². The van der Waals surface area contributed by atoms with E-state index in [0.29, 0.717) is 24.4 Å². The van der Waals surface area contributed by atoms with Gasteiger partial charge in [-0.1, -0.05) is 24.6 Å². The van der Waals surface area contributed by atoms with Crippen LogP contribution in [0.5, 0.6) is 0 Å². The first-order valence-electron chi connectivity index (χ1n) is 10.4. The average Bonchev–Trinajstić information content (AvgIpc) is 2.69. The van der Waals surface area contributed by atoms with Crippen LogP contribution < -0.4 is 5.32 Å². The van der Waals surface area contributed by atoms with Gasteiger partial charge in [0.25, 0.3) is 0 Å². The number of hydrogen-bond acceptors (Lipinski definition) is 4. The van der Waals surface area contributed by atoms with Crippen LogP contribution in [0.3, 0.4) is 0 Å². The first-order valence-corrected chi connectivity index (χ1v) is 12.1. The highest BCUT2D eigenvalue weighted by atomic mass is 32.2. The Morgan fingerprint density at radius 2 is 1.79 bits per heavy atom. The molecule has 1 heterocycles. The summed E-state index contributed by atoms with van der Waals surface area (Å²) >= 11 is 0. The highest BCUT2D eigenvalue weighted by Crippen LogP contribution is 2.12. The minimum absolute atomic E-state index is 0.0292. The largest absolute Gasteiger partial charge is 0.338 e. The van der Waals surface area contributed by atoms with Crippen molar-refractivity contribution in [1.82, 2.24) is 15.1 Å². The molecule has 0 bridgehead atoms. The fraction of sp³-hybridized carbons (Fsp3) is 0.667. The Hall–Kier alpha value is -1.60. The van der Waals surface area contributed by atoms with Gasteiger partial charge >= 0.3 is 6.03 Å². The van der Waals surface area contributed by atoms with Gasteiger partial charge in [0.05, 0.1) is 10.6 Å². The number of carbonyl (C=O) groups excluding carboxylic acids is 1. The summed E-state index contributed by atoms with van der Waals surface area (Å²) in [6.45, 7) is 8.36. The van der Waals surface area contributed by atoms with E-state index in [1.807, 2.05) is 13.8 Å². The number of carbonyl (C=O) groups is 1. The molecule has 1 N–H and O–H groups in total. The second-order valence-electron chi connectivity index (χ2n) is 7.76. The van der Waals surface area contributed by atoms with E-state index in [1.165, 1.54) is 32.4 Å². The second kappa shape index (κ2) is 11.4. The fourth-order valence-electron chi connectivity index (χ4n) is 3.55. The SMILES string of the molecule is CC(C)N(CCCS(=O)(=O)c1ccccc1)C(=O)NCCCN1CCCCC1. The average molecular weight is 410 g/mol.